The molecule has 0 bridgehead atoms. The van der Waals surface area contributed by atoms with Gasteiger partial charge in [-0.05, 0) is 25.3 Å². The highest BCUT2D eigenvalue weighted by Crippen LogP contribution is 2.26. The summed E-state index contributed by atoms with van der Waals surface area (Å²) in [4.78, 5) is 26.3. The van der Waals surface area contributed by atoms with Gasteiger partial charge < -0.3 is 14.5 Å². The molecule has 2 heterocycles. The lowest BCUT2D eigenvalue weighted by Crippen LogP contribution is -2.49. The van der Waals surface area contributed by atoms with Crippen molar-refractivity contribution in [3.63, 3.8) is 0 Å². The first-order valence-corrected chi connectivity index (χ1v) is 10.8. The van der Waals surface area contributed by atoms with Gasteiger partial charge >= 0.3 is 0 Å². The van der Waals surface area contributed by atoms with Crippen LogP contribution in [0.5, 0.6) is 0 Å². The number of aryl methyl sites for hydroxylation is 2. The molecule has 1 aromatic carbocycles. The van der Waals surface area contributed by atoms with E-state index in [9.17, 15) is 4.79 Å². The topological polar surface area (TPSA) is 58.6 Å². The number of anilines is 1. The molecule has 2 aromatic rings. The Hall–Kier alpha value is -2.47. The number of rotatable bonds is 7. The van der Waals surface area contributed by atoms with Crippen molar-refractivity contribution in [2.24, 2.45) is 5.92 Å². The Morgan fingerprint density at radius 2 is 1.87 bits per heavy atom. The van der Waals surface area contributed by atoms with Gasteiger partial charge in [0.25, 0.3) is 0 Å². The summed E-state index contributed by atoms with van der Waals surface area (Å²) < 4.78 is 5.45. The summed E-state index contributed by atoms with van der Waals surface area (Å²) in [5.41, 5.74) is 4.55. The number of carbonyl (C=O) groups excluding carboxylic acids is 1. The lowest BCUT2D eigenvalue weighted by atomic mass is 10.0. The van der Waals surface area contributed by atoms with Crippen LogP contribution in [0.3, 0.4) is 0 Å². The third kappa shape index (κ3) is 5.57. The molecule has 0 N–H and O–H groups in total. The Kier molecular flexibility index (Phi) is 7.43. The molecule has 0 unspecified atom stereocenters. The number of ether oxygens (including phenoxy) is 1. The molecular formula is C24H34N4O2. The van der Waals surface area contributed by atoms with Gasteiger partial charge in [0.2, 0.25) is 5.91 Å². The van der Waals surface area contributed by atoms with Crippen LogP contribution in [0.2, 0.25) is 0 Å². The van der Waals surface area contributed by atoms with Crippen molar-refractivity contribution in [1.29, 1.82) is 0 Å². The zero-order valence-electron chi connectivity index (χ0n) is 18.9. The number of hydrogen-bond acceptors (Lipinski definition) is 5. The average Bonchev–Trinajstić information content (AvgIpc) is 2.69. The van der Waals surface area contributed by atoms with E-state index in [1.165, 1.54) is 11.1 Å². The molecule has 3 rings (SSSR count). The standard InChI is InChI=1S/C24H34N4O2/c1-17(2)13-23(29)27-9-11-28(12-10-27)24-21(15-20-8-6-7-18(3)14-20)22(16-30-5)25-19(4)26-24/h6-8,14,17H,9-13,15-16H2,1-5H3. The van der Waals surface area contributed by atoms with Crippen LogP contribution >= 0.6 is 0 Å². The molecule has 0 spiro atoms. The zero-order chi connectivity index (χ0) is 21.7. The monoisotopic (exact) mass is 410 g/mol. The van der Waals surface area contributed by atoms with E-state index >= 15 is 0 Å². The lowest BCUT2D eigenvalue weighted by Gasteiger charge is -2.37. The molecule has 1 amide bonds. The molecular weight excluding hydrogens is 376 g/mol. The van der Waals surface area contributed by atoms with Crippen molar-refractivity contribution < 1.29 is 9.53 Å². The largest absolute Gasteiger partial charge is 0.378 e. The molecule has 1 aromatic heterocycles. The number of benzene rings is 1. The van der Waals surface area contributed by atoms with Gasteiger partial charge in [-0.25, -0.2) is 9.97 Å². The van der Waals surface area contributed by atoms with E-state index in [2.05, 4.69) is 54.9 Å². The zero-order valence-corrected chi connectivity index (χ0v) is 18.9. The van der Waals surface area contributed by atoms with Crippen LogP contribution in [0.1, 0.15) is 48.5 Å². The number of amides is 1. The molecule has 6 heteroatoms. The van der Waals surface area contributed by atoms with E-state index in [0.717, 1.165) is 55.5 Å². The maximum Gasteiger partial charge on any atom is 0.222 e. The second-order valence-corrected chi connectivity index (χ2v) is 8.58. The summed E-state index contributed by atoms with van der Waals surface area (Å²) in [6.45, 7) is 11.7. The Balaban J connectivity index is 1.86. The van der Waals surface area contributed by atoms with E-state index in [4.69, 9.17) is 9.72 Å². The quantitative estimate of drug-likeness (QED) is 0.699. The summed E-state index contributed by atoms with van der Waals surface area (Å²) in [6, 6.07) is 8.56. The van der Waals surface area contributed by atoms with E-state index < -0.39 is 0 Å². The van der Waals surface area contributed by atoms with Gasteiger partial charge in [-0.1, -0.05) is 43.7 Å². The Morgan fingerprint density at radius 3 is 2.50 bits per heavy atom. The molecule has 6 nitrogen and oxygen atoms in total. The maximum absolute atomic E-state index is 12.5. The van der Waals surface area contributed by atoms with E-state index in [0.29, 0.717) is 18.9 Å². The highest BCUT2D eigenvalue weighted by molar-refractivity contribution is 5.76. The predicted octanol–water partition coefficient (Wildman–Crippen LogP) is 3.53. The fraction of sp³-hybridized carbons (Fsp3) is 0.542. The Morgan fingerprint density at radius 1 is 1.13 bits per heavy atom. The van der Waals surface area contributed by atoms with Crippen LogP contribution in [0.4, 0.5) is 5.82 Å². The van der Waals surface area contributed by atoms with E-state index in [1.54, 1.807) is 7.11 Å². The smallest absolute Gasteiger partial charge is 0.222 e. The minimum absolute atomic E-state index is 0.253. The van der Waals surface area contributed by atoms with Crippen molar-refractivity contribution in [3.8, 4) is 0 Å². The maximum atomic E-state index is 12.5. The molecule has 1 fully saturated rings. The van der Waals surface area contributed by atoms with Crippen molar-refractivity contribution >= 4 is 11.7 Å². The van der Waals surface area contributed by atoms with Crippen molar-refractivity contribution in [2.75, 3.05) is 38.2 Å². The van der Waals surface area contributed by atoms with Gasteiger partial charge in [0.15, 0.2) is 0 Å². The number of aromatic nitrogens is 2. The van der Waals surface area contributed by atoms with Gasteiger partial charge in [-0.15, -0.1) is 0 Å². The van der Waals surface area contributed by atoms with Gasteiger partial charge in [-0.3, -0.25) is 4.79 Å². The molecule has 1 aliphatic heterocycles. The first-order valence-electron chi connectivity index (χ1n) is 10.8. The third-order valence-electron chi connectivity index (χ3n) is 5.44. The Bertz CT molecular complexity index is 874. The number of hydrogen-bond donors (Lipinski definition) is 0. The van der Waals surface area contributed by atoms with Crippen molar-refractivity contribution in [3.05, 3.63) is 52.5 Å². The number of piperazine rings is 1. The van der Waals surface area contributed by atoms with Gasteiger partial charge in [0.1, 0.15) is 11.6 Å². The fourth-order valence-electron chi connectivity index (χ4n) is 4.01. The van der Waals surface area contributed by atoms with Crippen LogP contribution in [0.25, 0.3) is 0 Å². The molecule has 162 valence electrons. The van der Waals surface area contributed by atoms with E-state index in [1.807, 2.05) is 11.8 Å². The summed E-state index contributed by atoms with van der Waals surface area (Å²) in [5, 5.41) is 0. The van der Waals surface area contributed by atoms with Gasteiger partial charge in [0.05, 0.1) is 12.3 Å². The van der Waals surface area contributed by atoms with Crippen LogP contribution in [0.15, 0.2) is 24.3 Å². The summed E-state index contributed by atoms with van der Waals surface area (Å²) in [5.74, 6) is 2.37. The summed E-state index contributed by atoms with van der Waals surface area (Å²) >= 11 is 0. The molecule has 1 saturated heterocycles. The van der Waals surface area contributed by atoms with Crippen LogP contribution in [-0.2, 0) is 22.6 Å². The fourth-order valence-corrected chi connectivity index (χ4v) is 4.01. The van der Waals surface area contributed by atoms with Crippen LogP contribution < -0.4 is 4.90 Å². The van der Waals surface area contributed by atoms with Gasteiger partial charge in [-0.2, -0.15) is 0 Å². The van der Waals surface area contributed by atoms with Crippen LogP contribution in [0, 0.1) is 19.8 Å². The first-order chi connectivity index (χ1) is 14.4. The Labute approximate surface area is 180 Å². The molecule has 0 aliphatic carbocycles. The van der Waals surface area contributed by atoms with Crippen molar-refractivity contribution in [2.45, 2.75) is 47.1 Å². The molecule has 0 saturated carbocycles. The number of nitrogens with zero attached hydrogens (tertiary/aromatic N) is 4. The summed E-state index contributed by atoms with van der Waals surface area (Å²) in [7, 11) is 1.70. The molecule has 30 heavy (non-hydrogen) atoms. The minimum atomic E-state index is 0.253. The third-order valence-corrected chi connectivity index (χ3v) is 5.44. The number of carbonyl (C=O) groups is 1. The highest BCUT2D eigenvalue weighted by Gasteiger charge is 2.25. The SMILES string of the molecule is COCc1nc(C)nc(N2CCN(C(=O)CC(C)C)CC2)c1Cc1cccc(C)c1. The minimum Gasteiger partial charge on any atom is -0.378 e. The predicted molar refractivity (Wildman–Crippen MR) is 120 cm³/mol. The van der Waals surface area contributed by atoms with E-state index in [-0.39, 0.29) is 5.91 Å². The molecule has 0 atom stereocenters. The molecule has 1 aliphatic rings. The first kappa shape index (κ1) is 22.2. The average molecular weight is 411 g/mol. The van der Waals surface area contributed by atoms with Crippen LogP contribution in [-0.4, -0.2) is 54.1 Å². The van der Waals surface area contributed by atoms with Crippen molar-refractivity contribution in [1.82, 2.24) is 14.9 Å². The number of methoxy groups -OCH3 is 1. The summed E-state index contributed by atoms with van der Waals surface area (Å²) in [6.07, 6.45) is 1.38. The normalized spacial score (nSPS) is 14.5. The van der Waals surface area contributed by atoms with Gasteiger partial charge in [0, 0.05) is 51.7 Å². The second-order valence-electron chi connectivity index (χ2n) is 8.58. The highest BCUT2D eigenvalue weighted by atomic mass is 16.5. The second kappa shape index (κ2) is 10.0. The molecule has 0 radical (unpaired) electrons. The lowest BCUT2D eigenvalue weighted by molar-refractivity contribution is -0.132.